The van der Waals surface area contributed by atoms with Gasteiger partial charge in [-0.05, 0) is 36.4 Å². The molecule has 2 aromatic rings. The van der Waals surface area contributed by atoms with E-state index in [2.05, 4.69) is 10.3 Å². The Morgan fingerprint density at radius 2 is 1.71 bits per heavy atom. The first-order valence-electron chi connectivity index (χ1n) is 6.28. The number of rotatable bonds is 4. The zero-order valence-electron chi connectivity index (χ0n) is 11.3. The molecular weight excluding hydrogens is 304 g/mol. The third-order valence-electron chi connectivity index (χ3n) is 2.65. The van der Waals surface area contributed by atoms with E-state index in [0.717, 1.165) is 5.69 Å². The average molecular weight is 317 g/mol. The van der Waals surface area contributed by atoms with Gasteiger partial charge in [0.1, 0.15) is 10.7 Å². The lowest BCUT2D eigenvalue weighted by Gasteiger charge is -2.09. The standard InChI is InChI=1S/C16H13ClN2OS/c1-11(20)15(18-13-5-3-2-4-6-13)16(21)19-14-9-7-12(17)8-10-14/h2-10H,1H3,(H,19,21). The summed E-state index contributed by atoms with van der Waals surface area (Å²) in [5, 5.41) is 3.63. The smallest absolute Gasteiger partial charge is 0.181 e. The number of halogens is 1. The summed E-state index contributed by atoms with van der Waals surface area (Å²) in [5.41, 5.74) is 1.67. The van der Waals surface area contributed by atoms with Crippen molar-refractivity contribution >= 4 is 51.7 Å². The molecule has 3 nitrogen and oxygen atoms in total. The maximum absolute atomic E-state index is 11.8. The molecule has 0 aliphatic heterocycles. The number of nitrogens with one attached hydrogen (secondary N) is 1. The summed E-state index contributed by atoms with van der Waals surface area (Å²) < 4.78 is 0. The fourth-order valence-corrected chi connectivity index (χ4v) is 2.08. The average Bonchev–Trinajstić information content (AvgIpc) is 2.48. The summed E-state index contributed by atoms with van der Waals surface area (Å²) in [5.74, 6) is -0.190. The van der Waals surface area contributed by atoms with E-state index in [0.29, 0.717) is 10.7 Å². The van der Waals surface area contributed by atoms with Crippen LogP contribution in [0.25, 0.3) is 0 Å². The Balaban J connectivity index is 2.22. The molecule has 2 aromatic carbocycles. The predicted molar refractivity (Wildman–Crippen MR) is 91.9 cm³/mol. The number of anilines is 1. The molecule has 0 aliphatic carbocycles. The maximum Gasteiger partial charge on any atom is 0.181 e. The number of hydrogen-bond acceptors (Lipinski definition) is 3. The van der Waals surface area contributed by atoms with Crippen LogP contribution in [0.5, 0.6) is 0 Å². The number of carbonyl (C=O) groups is 1. The minimum atomic E-state index is -0.190. The molecule has 5 heteroatoms. The van der Waals surface area contributed by atoms with Gasteiger partial charge < -0.3 is 5.32 Å². The molecule has 2 rings (SSSR count). The van der Waals surface area contributed by atoms with Crippen LogP contribution in [0.4, 0.5) is 11.4 Å². The van der Waals surface area contributed by atoms with Gasteiger partial charge in [0.15, 0.2) is 5.78 Å². The molecule has 21 heavy (non-hydrogen) atoms. The first kappa shape index (κ1) is 15.4. The van der Waals surface area contributed by atoms with Gasteiger partial charge in [-0.15, -0.1) is 0 Å². The molecule has 0 amide bonds. The van der Waals surface area contributed by atoms with Gasteiger partial charge in [0.2, 0.25) is 0 Å². The highest BCUT2D eigenvalue weighted by atomic mass is 35.5. The highest BCUT2D eigenvalue weighted by molar-refractivity contribution is 7.82. The fraction of sp³-hybridized carbons (Fsp3) is 0.0625. The van der Waals surface area contributed by atoms with Gasteiger partial charge in [0.25, 0.3) is 0 Å². The Hall–Kier alpha value is -2.04. The number of carbonyl (C=O) groups excluding carboxylic acids is 1. The SMILES string of the molecule is CC(=O)C(=Nc1ccccc1)C(=S)Nc1ccc(Cl)cc1. The van der Waals surface area contributed by atoms with Gasteiger partial charge in [0, 0.05) is 17.6 Å². The van der Waals surface area contributed by atoms with Crippen molar-refractivity contribution < 1.29 is 4.79 Å². The van der Waals surface area contributed by atoms with E-state index in [9.17, 15) is 4.79 Å². The van der Waals surface area contributed by atoms with Crippen molar-refractivity contribution in [3.63, 3.8) is 0 Å². The molecule has 0 heterocycles. The number of hydrogen-bond donors (Lipinski definition) is 1. The molecule has 1 N–H and O–H groups in total. The maximum atomic E-state index is 11.8. The van der Waals surface area contributed by atoms with Crippen molar-refractivity contribution in [3.05, 3.63) is 59.6 Å². The largest absolute Gasteiger partial charge is 0.345 e. The van der Waals surface area contributed by atoms with Crippen molar-refractivity contribution in [1.82, 2.24) is 0 Å². The zero-order valence-corrected chi connectivity index (χ0v) is 12.9. The second kappa shape index (κ2) is 7.11. The molecule has 0 fully saturated rings. The topological polar surface area (TPSA) is 41.5 Å². The minimum absolute atomic E-state index is 0.190. The number of Topliss-reactive ketones (excluding diaryl/α,β-unsaturated/α-hetero) is 1. The van der Waals surface area contributed by atoms with Crippen LogP contribution in [-0.4, -0.2) is 16.5 Å². The molecule has 0 radical (unpaired) electrons. The van der Waals surface area contributed by atoms with E-state index in [1.165, 1.54) is 6.92 Å². The monoisotopic (exact) mass is 316 g/mol. The summed E-state index contributed by atoms with van der Waals surface area (Å²) in [6.07, 6.45) is 0. The van der Waals surface area contributed by atoms with E-state index in [4.69, 9.17) is 23.8 Å². The van der Waals surface area contributed by atoms with E-state index in [1.54, 1.807) is 24.3 Å². The summed E-state index contributed by atoms with van der Waals surface area (Å²) >= 11 is 11.1. The van der Waals surface area contributed by atoms with Crippen molar-refractivity contribution in [2.24, 2.45) is 4.99 Å². The highest BCUT2D eigenvalue weighted by Gasteiger charge is 2.13. The number of aliphatic imine (C=N–C) groups is 1. The van der Waals surface area contributed by atoms with Crippen molar-refractivity contribution in [3.8, 4) is 0 Å². The Labute approximate surface area is 133 Å². The molecule has 0 bridgehead atoms. The third-order valence-corrected chi connectivity index (χ3v) is 3.20. The molecule has 106 valence electrons. The lowest BCUT2D eigenvalue weighted by Crippen LogP contribution is -2.26. The van der Waals surface area contributed by atoms with Crippen LogP contribution in [-0.2, 0) is 4.79 Å². The molecule has 0 unspecified atom stereocenters. The van der Waals surface area contributed by atoms with Gasteiger partial charge in [-0.25, -0.2) is 4.99 Å². The van der Waals surface area contributed by atoms with Crippen LogP contribution in [0.1, 0.15) is 6.92 Å². The fourth-order valence-electron chi connectivity index (χ4n) is 1.64. The summed E-state index contributed by atoms with van der Waals surface area (Å²) in [7, 11) is 0. The molecular formula is C16H13ClN2OS. The van der Waals surface area contributed by atoms with Gasteiger partial charge >= 0.3 is 0 Å². The number of benzene rings is 2. The third kappa shape index (κ3) is 4.48. The molecule has 0 aromatic heterocycles. The van der Waals surface area contributed by atoms with Crippen LogP contribution < -0.4 is 5.32 Å². The van der Waals surface area contributed by atoms with Crippen LogP contribution in [0.2, 0.25) is 5.02 Å². The summed E-state index contributed by atoms with van der Waals surface area (Å²) in [6, 6.07) is 16.3. The lowest BCUT2D eigenvalue weighted by atomic mass is 10.2. The number of thiocarbonyl (C=S) groups is 1. The van der Waals surface area contributed by atoms with Gasteiger partial charge in [-0.3, -0.25) is 4.79 Å². The highest BCUT2D eigenvalue weighted by Crippen LogP contribution is 2.15. The molecule has 0 saturated heterocycles. The van der Waals surface area contributed by atoms with Gasteiger partial charge in [-0.2, -0.15) is 0 Å². The lowest BCUT2D eigenvalue weighted by molar-refractivity contribution is -0.110. The zero-order chi connectivity index (χ0) is 15.2. The predicted octanol–water partition coefficient (Wildman–Crippen LogP) is 4.44. The Kier molecular flexibility index (Phi) is 5.20. The van der Waals surface area contributed by atoms with Gasteiger partial charge in [-0.1, -0.05) is 42.0 Å². The number of nitrogens with zero attached hydrogens (tertiary/aromatic N) is 1. The Morgan fingerprint density at radius 3 is 2.29 bits per heavy atom. The van der Waals surface area contributed by atoms with Crippen LogP contribution in [0.3, 0.4) is 0 Å². The van der Waals surface area contributed by atoms with Crippen molar-refractivity contribution in [2.45, 2.75) is 6.92 Å². The molecule has 0 spiro atoms. The van der Waals surface area contributed by atoms with Crippen LogP contribution in [0.15, 0.2) is 59.6 Å². The second-order valence-electron chi connectivity index (χ2n) is 4.31. The first-order chi connectivity index (χ1) is 10.1. The van der Waals surface area contributed by atoms with Crippen LogP contribution in [0, 0.1) is 0 Å². The van der Waals surface area contributed by atoms with E-state index < -0.39 is 0 Å². The Morgan fingerprint density at radius 1 is 1.10 bits per heavy atom. The summed E-state index contributed by atoms with van der Waals surface area (Å²) in [6.45, 7) is 1.44. The normalized spacial score (nSPS) is 11.0. The number of ketones is 1. The van der Waals surface area contributed by atoms with E-state index in [1.807, 2.05) is 30.3 Å². The Bertz CT molecular complexity index is 681. The van der Waals surface area contributed by atoms with Crippen molar-refractivity contribution in [2.75, 3.05) is 5.32 Å². The van der Waals surface area contributed by atoms with E-state index >= 15 is 0 Å². The summed E-state index contributed by atoms with van der Waals surface area (Å²) in [4.78, 5) is 16.3. The van der Waals surface area contributed by atoms with E-state index in [-0.39, 0.29) is 16.5 Å². The second-order valence-corrected chi connectivity index (χ2v) is 5.16. The molecule has 0 saturated carbocycles. The minimum Gasteiger partial charge on any atom is -0.345 e. The molecule has 0 aliphatic rings. The van der Waals surface area contributed by atoms with Gasteiger partial charge in [0.05, 0.1) is 5.69 Å². The first-order valence-corrected chi connectivity index (χ1v) is 7.06. The van der Waals surface area contributed by atoms with Crippen molar-refractivity contribution in [1.29, 1.82) is 0 Å². The number of para-hydroxylation sites is 1. The van der Waals surface area contributed by atoms with Crippen LogP contribution >= 0.6 is 23.8 Å². The molecule has 0 atom stereocenters. The quantitative estimate of drug-likeness (QED) is 0.669.